The Labute approximate surface area is 133 Å². The van der Waals surface area contributed by atoms with E-state index in [4.69, 9.17) is 22.1 Å². The lowest BCUT2D eigenvalue weighted by molar-refractivity contribution is 0.335. The van der Waals surface area contributed by atoms with Crippen molar-refractivity contribution in [2.75, 3.05) is 6.61 Å². The standard InChI is InChI=1S/C16H17BrClNO/c1-3-20-15-7-4-10(2)8-12(15)16(19)11-5-6-13(17)14(18)9-11/h4-9,16H,3,19H2,1-2H3. The molecule has 0 amide bonds. The predicted octanol–water partition coefficient (Wildman–Crippen LogP) is 4.86. The van der Waals surface area contributed by atoms with Gasteiger partial charge in [-0.1, -0.05) is 35.4 Å². The average Bonchev–Trinajstić information content (AvgIpc) is 2.43. The minimum absolute atomic E-state index is 0.262. The van der Waals surface area contributed by atoms with Crippen LogP contribution < -0.4 is 10.5 Å². The molecule has 2 rings (SSSR count). The minimum Gasteiger partial charge on any atom is -0.494 e. The summed E-state index contributed by atoms with van der Waals surface area (Å²) in [5.74, 6) is 0.824. The first-order valence-corrected chi connectivity index (χ1v) is 7.64. The molecule has 2 nitrogen and oxygen atoms in total. The largest absolute Gasteiger partial charge is 0.494 e. The van der Waals surface area contributed by atoms with Gasteiger partial charge in [-0.25, -0.2) is 0 Å². The lowest BCUT2D eigenvalue weighted by Gasteiger charge is -2.18. The predicted molar refractivity (Wildman–Crippen MR) is 87.5 cm³/mol. The van der Waals surface area contributed by atoms with Gasteiger partial charge in [0.25, 0.3) is 0 Å². The van der Waals surface area contributed by atoms with Gasteiger partial charge in [0.1, 0.15) is 5.75 Å². The molecule has 2 N–H and O–H groups in total. The molecule has 0 aliphatic carbocycles. The van der Waals surface area contributed by atoms with Crippen molar-refractivity contribution in [2.24, 2.45) is 5.73 Å². The molecule has 0 saturated carbocycles. The van der Waals surface area contributed by atoms with E-state index in [2.05, 4.69) is 22.0 Å². The first kappa shape index (κ1) is 15.4. The Kier molecular flexibility index (Phi) is 5.08. The molecule has 1 atom stereocenters. The molecule has 2 aromatic carbocycles. The van der Waals surface area contributed by atoms with E-state index in [0.717, 1.165) is 26.9 Å². The fraction of sp³-hybridized carbons (Fsp3) is 0.250. The van der Waals surface area contributed by atoms with Gasteiger partial charge in [0.2, 0.25) is 0 Å². The summed E-state index contributed by atoms with van der Waals surface area (Å²) in [4.78, 5) is 0. The number of hydrogen-bond donors (Lipinski definition) is 1. The SMILES string of the molecule is CCOc1ccc(C)cc1C(N)c1ccc(Br)c(Cl)c1. The Morgan fingerprint density at radius 1 is 1.25 bits per heavy atom. The van der Waals surface area contributed by atoms with Crippen LogP contribution in [-0.2, 0) is 0 Å². The molecule has 20 heavy (non-hydrogen) atoms. The van der Waals surface area contributed by atoms with Gasteiger partial charge in [-0.2, -0.15) is 0 Å². The van der Waals surface area contributed by atoms with Gasteiger partial charge >= 0.3 is 0 Å². The van der Waals surface area contributed by atoms with Gasteiger partial charge in [0, 0.05) is 10.0 Å². The van der Waals surface area contributed by atoms with Crippen LogP contribution in [0.25, 0.3) is 0 Å². The highest BCUT2D eigenvalue weighted by Crippen LogP contribution is 2.32. The van der Waals surface area contributed by atoms with Crippen molar-refractivity contribution in [1.82, 2.24) is 0 Å². The quantitative estimate of drug-likeness (QED) is 0.851. The van der Waals surface area contributed by atoms with Crippen molar-refractivity contribution in [3.63, 3.8) is 0 Å². The average molecular weight is 355 g/mol. The van der Waals surface area contributed by atoms with E-state index in [1.165, 1.54) is 0 Å². The number of nitrogens with two attached hydrogens (primary N) is 1. The van der Waals surface area contributed by atoms with Crippen molar-refractivity contribution in [1.29, 1.82) is 0 Å². The van der Waals surface area contributed by atoms with Crippen LogP contribution in [0.1, 0.15) is 29.7 Å². The van der Waals surface area contributed by atoms with E-state index >= 15 is 0 Å². The molecule has 0 saturated heterocycles. The summed E-state index contributed by atoms with van der Waals surface area (Å²) >= 11 is 9.53. The number of benzene rings is 2. The van der Waals surface area contributed by atoms with Crippen LogP contribution in [0.2, 0.25) is 5.02 Å². The second kappa shape index (κ2) is 6.61. The maximum absolute atomic E-state index is 6.38. The van der Waals surface area contributed by atoms with Crippen LogP contribution in [0.4, 0.5) is 0 Å². The van der Waals surface area contributed by atoms with Crippen molar-refractivity contribution in [2.45, 2.75) is 19.9 Å². The molecule has 4 heteroatoms. The van der Waals surface area contributed by atoms with Crippen molar-refractivity contribution in [3.8, 4) is 5.75 Å². The van der Waals surface area contributed by atoms with Crippen molar-refractivity contribution < 1.29 is 4.74 Å². The zero-order valence-corrected chi connectivity index (χ0v) is 13.8. The van der Waals surface area contributed by atoms with Crippen LogP contribution in [0, 0.1) is 6.92 Å². The smallest absolute Gasteiger partial charge is 0.124 e. The molecule has 1 unspecified atom stereocenters. The van der Waals surface area contributed by atoms with E-state index in [1.807, 2.05) is 44.2 Å². The Hall–Kier alpha value is -1.03. The van der Waals surface area contributed by atoms with E-state index in [0.29, 0.717) is 11.6 Å². The summed E-state index contributed by atoms with van der Waals surface area (Å²) in [7, 11) is 0. The second-order valence-electron chi connectivity index (χ2n) is 4.63. The lowest BCUT2D eigenvalue weighted by Crippen LogP contribution is -2.14. The molecule has 0 bridgehead atoms. The Morgan fingerprint density at radius 3 is 2.65 bits per heavy atom. The molecule has 0 radical (unpaired) electrons. The van der Waals surface area contributed by atoms with Crippen molar-refractivity contribution >= 4 is 27.5 Å². The summed E-state index contributed by atoms with van der Waals surface area (Å²) < 4.78 is 6.53. The molecule has 0 aliphatic rings. The van der Waals surface area contributed by atoms with Crippen LogP contribution in [0.5, 0.6) is 5.75 Å². The molecule has 0 fully saturated rings. The summed E-state index contributed by atoms with van der Waals surface area (Å²) in [6.07, 6.45) is 0. The molecule has 106 valence electrons. The number of hydrogen-bond acceptors (Lipinski definition) is 2. The fourth-order valence-electron chi connectivity index (χ4n) is 2.08. The number of rotatable bonds is 4. The third-order valence-corrected chi connectivity index (χ3v) is 4.34. The summed E-state index contributed by atoms with van der Waals surface area (Å²) in [6.45, 7) is 4.62. The molecule has 0 heterocycles. The molecular formula is C16H17BrClNO. The number of aryl methyl sites for hydroxylation is 1. The molecular weight excluding hydrogens is 338 g/mol. The van der Waals surface area contributed by atoms with Gasteiger partial charge in [-0.3, -0.25) is 0 Å². The summed E-state index contributed by atoms with van der Waals surface area (Å²) in [5, 5.41) is 0.656. The first-order chi connectivity index (χ1) is 9.52. The molecule has 0 aliphatic heterocycles. The Bertz CT molecular complexity index is 615. The first-order valence-electron chi connectivity index (χ1n) is 6.46. The van der Waals surface area contributed by atoms with Crippen molar-refractivity contribution in [3.05, 3.63) is 62.6 Å². The molecule has 0 aromatic heterocycles. The molecule has 2 aromatic rings. The topological polar surface area (TPSA) is 35.2 Å². The highest BCUT2D eigenvalue weighted by atomic mass is 79.9. The zero-order chi connectivity index (χ0) is 14.7. The van der Waals surface area contributed by atoms with Crippen LogP contribution in [0.3, 0.4) is 0 Å². The summed E-state index contributed by atoms with van der Waals surface area (Å²) in [6, 6.07) is 11.6. The van der Waals surface area contributed by atoms with E-state index in [1.54, 1.807) is 0 Å². The monoisotopic (exact) mass is 353 g/mol. The van der Waals surface area contributed by atoms with Crippen LogP contribution >= 0.6 is 27.5 Å². The van der Waals surface area contributed by atoms with Gasteiger partial charge in [-0.15, -0.1) is 0 Å². The molecule has 0 spiro atoms. The van der Waals surface area contributed by atoms with Crippen LogP contribution in [-0.4, -0.2) is 6.61 Å². The van der Waals surface area contributed by atoms with Crippen LogP contribution in [0.15, 0.2) is 40.9 Å². The second-order valence-corrected chi connectivity index (χ2v) is 5.89. The zero-order valence-electron chi connectivity index (χ0n) is 11.5. The maximum atomic E-state index is 6.38. The van der Waals surface area contributed by atoms with E-state index in [-0.39, 0.29) is 6.04 Å². The normalized spacial score (nSPS) is 12.2. The fourth-order valence-corrected chi connectivity index (χ4v) is 2.52. The van der Waals surface area contributed by atoms with E-state index in [9.17, 15) is 0 Å². The number of halogens is 2. The summed E-state index contributed by atoms with van der Waals surface area (Å²) in [5.41, 5.74) is 9.48. The van der Waals surface area contributed by atoms with Gasteiger partial charge in [0.15, 0.2) is 0 Å². The minimum atomic E-state index is -0.262. The highest BCUT2D eigenvalue weighted by Gasteiger charge is 2.15. The Balaban J connectivity index is 2.43. The third kappa shape index (κ3) is 3.35. The maximum Gasteiger partial charge on any atom is 0.124 e. The highest BCUT2D eigenvalue weighted by molar-refractivity contribution is 9.10. The van der Waals surface area contributed by atoms with E-state index < -0.39 is 0 Å². The van der Waals surface area contributed by atoms with Gasteiger partial charge in [-0.05, 0) is 53.5 Å². The third-order valence-electron chi connectivity index (χ3n) is 3.10. The number of ether oxygens (including phenoxy) is 1. The Morgan fingerprint density at radius 2 is 2.00 bits per heavy atom. The van der Waals surface area contributed by atoms with Gasteiger partial charge < -0.3 is 10.5 Å². The van der Waals surface area contributed by atoms with Gasteiger partial charge in [0.05, 0.1) is 17.7 Å². The lowest BCUT2D eigenvalue weighted by atomic mass is 9.97.